The van der Waals surface area contributed by atoms with Gasteiger partial charge in [-0.25, -0.2) is 9.07 Å². The Kier molecular flexibility index (Phi) is 4.30. The van der Waals surface area contributed by atoms with Crippen LogP contribution in [0.5, 0.6) is 0 Å². The minimum atomic E-state index is -0.604. The van der Waals surface area contributed by atoms with Crippen LogP contribution in [0.25, 0.3) is 5.69 Å². The van der Waals surface area contributed by atoms with E-state index in [1.165, 1.54) is 22.9 Å². The lowest BCUT2D eigenvalue weighted by Gasteiger charge is -2.09. The molecule has 6 nitrogen and oxygen atoms in total. The first-order valence-corrected chi connectivity index (χ1v) is 7.47. The Morgan fingerprint density at radius 1 is 1.12 bits per heavy atom. The van der Waals surface area contributed by atoms with Gasteiger partial charge < -0.3 is 11.1 Å². The number of aryl methyl sites for hydroxylation is 1. The Morgan fingerprint density at radius 3 is 2.48 bits per heavy atom. The molecule has 0 aliphatic heterocycles. The van der Waals surface area contributed by atoms with Crippen molar-refractivity contribution in [1.29, 1.82) is 0 Å². The monoisotopic (exact) mass is 338 g/mol. The summed E-state index contributed by atoms with van der Waals surface area (Å²) in [5.41, 5.74) is 7.56. The van der Waals surface area contributed by atoms with Crippen molar-refractivity contribution in [3.05, 3.63) is 77.4 Å². The zero-order valence-electron chi connectivity index (χ0n) is 13.4. The second-order valence-corrected chi connectivity index (χ2v) is 5.47. The summed E-state index contributed by atoms with van der Waals surface area (Å²) >= 11 is 0. The van der Waals surface area contributed by atoms with Crippen molar-refractivity contribution in [2.24, 2.45) is 5.73 Å². The molecule has 0 radical (unpaired) electrons. The van der Waals surface area contributed by atoms with Gasteiger partial charge in [0.15, 0.2) is 0 Å². The second-order valence-electron chi connectivity index (χ2n) is 5.47. The normalized spacial score (nSPS) is 10.5. The number of anilines is 1. The van der Waals surface area contributed by atoms with Gasteiger partial charge in [-0.05, 0) is 55.0 Å². The highest BCUT2D eigenvalue weighted by molar-refractivity contribution is 6.05. The van der Waals surface area contributed by atoms with Crippen LogP contribution in [0.1, 0.15) is 26.4 Å². The van der Waals surface area contributed by atoms with Gasteiger partial charge >= 0.3 is 0 Å². The van der Waals surface area contributed by atoms with Crippen molar-refractivity contribution in [1.82, 2.24) is 9.78 Å². The number of nitrogens with two attached hydrogens (primary N) is 1. The molecule has 7 heteroatoms. The van der Waals surface area contributed by atoms with E-state index >= 15 is 0 Å². The molecule has 25 heavy (non-hydrogen) atoms. The average Bonchev–Trinajstić information content (AvgIpc) is 3.08. The Balaban J connectivity index is 1.77. The number of carbonyl (C=O) groups excluding carboxylic acids is 2. The van der Waals surface area contributed by atoms with Crippen LogP contribution in [-0.4, -0.2) is 21.6 Å². The number of amides is 2. The minimum absolute atomic E-state index is 0.166. The molecule has 3 aromatic rings. The third-order valence-electron chi connectivity index (χ3n) is 3.68. The van der Waals surface area contributed by atoms with Crippen LogP contribution < -0.4 is 11.1 Å². The molecular formula is C18H15FN4O2. The van der Waals surface area contributed by atoms with E-state index in [4.69, 9.17) is 5.73 Å². The number of hydrogen-bond acceptors (Lipinski definition) is 3. The van der Waals surface area contributed by atoms with E-state index in [2.05, 4.69) is 10.4 Å². The van der Waals surface area contributed by atoms with Gasteiger partial charge in [0.25, 0.3) is 11.8 Å². The SMILES string of the molecule is Cc1ccc(F)cc1C(=O)Nc1ccc(-n2ccc(C(N)=O)n2)cc1. The lowest BCUT2D eigenvalue weighted by atomic mass is 10.1. The van der Waals surface area contributed by atoms with Gasteiger partial charge in [-0.2, -0.15) is 5.10 Å². The van der Waals surface area contributed by atoms with E-state index in [-0.39, 0.29) is 17.2 Å². The molecule has 0 saturated carbocycles. The molecule has 0 saturated heterocycles. The van der Waals surface area contributed by atoms with Gasteiger partial charge in [-0.15, -0.1) is 0 Å². The highest BCUT2D eigenvalue weighted by atomic mass is 19.1. The number of aromatic nitrogens is 2. The fourth-order valence-corrected chi connectivity index (χ4v) is 2.33. The molecule has 0 bridgehead atoms. The van der Waals surface area contributed by atoms with E-state index in [1.54, 1.807) is 43.5 Å². The van der Waals surface area contributed by atoms with Crippen molar-refractivity contribution in [3.63, 3.8) is 0 Å². The first kappa shape index (κ1) is 16.4. The highest BCUT2D eigenvalue weighted by Gasteiger charge is 2.11. The summed E-state index contributed by atoms with van der Waals surface area (Å²) in [5, 5.41) is 6.77. The van der Waals surface area contributed by atoms with Gasteiger partial charge in [0.2, 0.25) is 0 Å². The van der Waals surface area contributed by atoms with Gasteiger partial charge in [0.05, 0.1) is 5.69 Å². The number of halogens is 1. The van der Waals surface area contributed by atoms with Crippen LogP contribution in [0.15, 0.2) is 54.7 Å². The predicted molar refractivity (Wildman–Crippen MR) is 91.2 cm³/mol. The summed E-state index contributed by atoms with van der Waals surface area (Å²) < 4.78 is 14.8. The van der Waals surface area contributed by atoms with E-state index < -0.39 is 11.7 Å². The van der Waals surface area contributed by atoms with Crippen LogP contribution >= 0.6 is 0 Å². The largest absolute Gasteiger partial charge is 0.364 e. The quantitative estimate of drug-likeness (QED) is 0.766. The third-order valence-corrected chi connectivity index (χ3v) is 3.68. The van der Waals surface area contributed by atoms with Gasteiger partial charge in [-0.3, -0.25) is 9.59 Å². The molecule has 0 aliphatic carbocycles. The number of benzene rings is 2. The standard InChI is InChI=1S/C18H15FN4O2/c1-11-2-3-12(19)10-15(11)18(25)21-13-4-6-14(7-5-13)23-9-8-16(22-23)17(20)24/h2-10H,1H3,(H2,20,24)(H,21,25). The van der Waals surface area contributed by atoms with Crippen molar-refractivity contribution in [2.75, 3.05) is 5.32 Å². The Bertz CT molecular complexity index is 948. The van der Waals surface area contributed by atoms with Crippen molar-refractivity contribution in [3.8, 4) is 5.69 Å². The van der Waals surface area contributed by atoms with Gasteiger partial charge in [0, 0.05) is 17.4 Å². The molecule has 0 unspecified atom stereocenters. The Hall–Kier alpha value is -3.48. The summed E-state index contributed by atoms with van der Waals surface area (Å²) in [7, 11) is 0. The molecular weight excluding hydrogens is 323 g/mol. The summed E-state index contributed by atoms with van der Waals surface area (Å²) in [6.07, 6.45) is 1.61. The molecule has 2 aromatic carbocycles. The molecule has 3 N–H and O–H groups in total. The smallest absolute Gasteiger partial charge is 0.269 e. The third kappa shape index (κ3) is 3.55. The van der Waals surface area contributed by atoms with E-state index in [0.717, 1.165) is 0 Å². The lowest BCUT2D eigenvalue weighted by molar-refractivity contribution is 0.0993. The molecule has 0 fully saturated rings. The number of primary amides is 1. The van der Waals surface area contributed by atoms with Crippen molar-refractivity contribution >= 4 is 17.5 Å². The number of carbonyl (C=O) groups is 2. The Morgan fingerprint density at radius 2 is 1.84 bits per heavy atom. The number of nitrogens with zero attached hydrogens (tertiary/aromatic N) is 2. The van der Waals surface area contributed by atoms with E-state index in [9.17, 15) is 14.0 Å². The van der Waals surface area contributed by atoms with Crippen molar-refractivity contribution in [2.45, 2.75) is 6.92 Å². The van der Waals surface area contributed by atoms with Crippen molar-refractivity contribution < 1.29 is 14.0 Å². The average molecular weight is 338 g/mol. The van der Waals surface area contributed by atoms with E-state index in [0.29, 0.717) is 16.9 Å². The molecule has 0 aliphatic rings. The summed E-state index contributed by atoms with van der Waals surface area (Å²) in [6.45, 7) is 1.74. The molecule has 3 rings (SSSR count). The lowest BCUT2D eigenvalue weighted by Crippen LogP contribution is -2.14. The maximum atomic E-state index is 13.3. The molecule has 1 aromatic heterocycles. The topological polar surface area (TPSA) is 90.0 Å². The fourth-order valence-electron chi connectivity index (χ4n) is 2.33. The molecule has 126 valence electrons. The molecule has 0 atom stereocenters. The number of hydrogen-bond donors (Lipinski definition) is 2. The van der Waals surface area contributed by atoms with Crippen LogP contribution in [0.2, 0.25) is 0 Å². The van der Waals surface area contributed by atoms with Gasteiger partial charge in [-0.1, -0.05) is 6.07 Å². The molecule has 0 spiro atoms. The maximum absolute atomic E-state index is 13.3. The summed E-state index contributed by atoms with van der Waals surface area (Å²) in [4.78, 5) is 23.4. The van der Waals surface area contributed by atoms with Crippen LogP contribution in [0.3, 0.4) is 0 Å². The minimum Gasteiger partial charge on any atom is -0.364 e. The molecule has 1 heterocycles. The second kappa shape index (κ2) is 6.56. The van der Waals surface area contributed by atoms with Crippen LogP contribution in [0, 0.1) is 12.7 Å². The first-order valence-electron chi connectivity index (χ1n) is 7.47. The Labute approximate surface area is 143 Å². The zero-order chi connectivity index (χ0) is 18.0. The predicted octanol–water partition coefficient (Wildman–Crippen LogP) is 2.67. The fraction of sp³-hybridized carbons (Fsp3) is 0.0556. The highest BCUT2D eigenvalue weighted by Crippen LogP contribution is 2.16. The first-order chi connectivity index (χ1) is 11.9. The summed E-state index contributed by atoms with van der Waals surface area (Å²) in [6, 6.07) is 12.4. The maximum Gasteiger partial charge on any atom is 0.269 e. The van der Waals surface area contributed by atoms with Gasteiger partial charge in [0.1, 0.15) is 11.5 Å². The zero-order valence-corrected chi connectivity index (χ0v) is 13.4. The van der Waals surface area contributed by atoms with Crippen LogP contribution in [0.4, 0.5) is 10.1 Å². The summed E-state index contributed by atoms with van der Waals surface area (Å²) in [5.74, 6) is -1.46. The van der Waals surface area contributed by atoms with E-state index in [1.807, 2.05) is 0 Å². The molecule has 2 amide bonds. The number of nitrogens with one attached hydrogen (secondary N) is 1. The van der Waals surface area contributed by atoms with Crippen LogP contribution in [-0.2, 0) is 0 Å². The number of rotatable bonds is 4.